The summed E-state index contributed by atoms with van der Waals surface area (Å²) in [6, 6.07) is 7.94. The van der Waals surface area contributed by atoms with Gasteiger partial charge in [0.15, 0.2) is 0 Å². The standard InChI is InChI=1S/C15H19ClN2O2/c16-12-3-1-10(2-4-12)11-7-18(8-11)15(19)14-6-5-13(17)9-20-14/h1-4,11,13-14H,5-9,17H2/t13-,14+/m1/s1. The molecule has 0 aromatic heterocycles. The van der Waals surface area contributed by atoms with Crippen molar-refractivity contribution in [2.45, 2.75) is 30.9 Å². The number of carbonyl (C=O) groups is 1. The summed E-state index contributed by atoms with van der Waals surface area (Å²) in [4.78, 5) is 14.1. The molecule has 0 aliphatic carbocycles. The second-order valence-electron chi connectivity index (χ2n) is 5.65. The Morgan fingerprint density at radius 2 is 1.95 bits per heavy atom. The Morgan fingerprint density at radius 3 is 2.55 bits per heavy atom. The van der Waals surface area contributed by atoms with E-state index >= 15 is 0 Å². The molecule has 0 unspecified atom stereocenters. The summed E-state index contributed by atoms with van der Waals surface area (Å²) >= 11 is 5.88. The highest BCUT2D eigenvalue weighted by atomic mass is 35.5. The molecule has 1 aromatic rings. The second-order valence-corrected chi connectivity index (χ2v) is 6.09. The maximum Gasteiger partial charge on any atom is 0.251 e. The number of rotatable bonds is 2. The number of amides is 1. The van der Waals surface area contributed by atoms with Crippen molar-refractivity contribution in [3.05, 3.63) is 34.9 Å². The quantitative estimate of drug-likeness (QED) is 0.904. The Kier molecular flexibility index (Phi) is 3.96. The van der Waals surface area contributed by atoms with Crippen LogP contribution in [0.15, 0.2) is 24.3 Å². The zero-order valence-corrected chi connectivity index (χ0v) is 12.1. The average Bonchev–Trinajstić information content (AvgIpc) is 2.40. The van der Waals surface area contributed by atoms with Gasteiger partial charge in [0.2, 0.25) is 0 Å². The van der Waals surface area contributed by atoms with Crippen LogP contribution in [-0.4, -0.2) is 42.6 Å². The summed E-state index contributed by atoms with van der Waals surface area (Å²) < 4.78 is 5.53. The molecule has 0 spiro atoms. The van der Waals surface area contributed by atoms with E-state index in [9.17, 15) is 4.79 Å². The van der Waals surface area contributed by atoms with Crippen LogP contribution >= 0.6 is 11.6 Å². The van der Waals surface area contributed by atoms with Gasteiger partial charge in [-0.3, -0.25) is 4.79 Å². The van der Waals surface area contributed by atoms with Gasteiger partial charge >= 0.3 is 0 Å². The van der Waals surface area contributed by atoms with Gasteiger partial charge in [-0.05, 0) is 30.5 Å². The lowest BCUT2D eigenvalue weighted by Crippen LogP contribution is -2.54. The van der Waals surface area contributed by atoms with Crippen molar-refractivity contribution < 1.29 is 9.53 Å². The predicted octanol–water partition coefficient (Wildman–Crippen LogP) is 1.77. The van der Waals surface area contributed by atoms with Crippen molar-refractivity contribution in [2.24, 2.45) is 5.73 Å². The fourth-order valence-electron chi connectivity index (χ4n) is 2.77. The number of halogens is 1. The third-order valence-corrected chi connectivity index (χ3v) is 4.37. The number of ether oxygens (including phenoxy) is 1. The van der Waals surface area contributed by atoms with Crippen molar-refractivity contribution in [1.82, 2.24) is 4.90 Å². The molecule has 2 atom stereocenters. The average molecular weight is 295 g/mol. The van der Waals surface area contributed by atoms with Crippen LogP contribution in [0.3, 0.4) is 0 Å². The second kappa shape index (κ2) is 5.72. The van der Waals surface area contributed by atoms with E-state index in [4.69, 9.17) is 22.1 Å². The van der Waals surface area contributed by atoms with Gasteiger partial charge in [-0.25, -0.2) is 0 Å². The Bertz CT molecular complexity index is 477. The number of nitrogens with zero attached hydrogens (tertiary/aromatic N) is 1. The first-order chi connectivity index (χ1) is 9.63. The van der Waals surface area contributed by atoms with E-state index in [0.29, 0.717) is 12.5 Å². The van der Waals surface area contributed by atoms with E-state index in [1.807, 2.05) is 29.2 Å². The first-order valence-electron chi connectivity index (χ1n) is 7.05. The Morgan fingerprint density at radius 1 is 1.25 bits per heavy atom. The molecule has 2 saturated heterocycles. The summed E-state index contributed by atoms with van der Waals surface area (Å²) in [6.07, 6.45) is 1.31. The largest absolute Gasteiger partial charge is 0.367 e. The van der Waals surface area contributed by atoms with E-state index in [1.165, 1.54) is 5.56 Å². The van der Waals surface area contributed by atoms with Gasteiger partial charge in [-0.1, -0.05) is 23.7 Å². The van der Waals surface area contributed by atoms with Gasteiger partial charge in [0.25, 0.3) is 5.91 Å². The fourth-order valence-corrected chi connectivity index (χ4v) is 2.90. The molecule has 2 fully saturated rings. The minimum Gasteiger partial charge on any atom is -0.367 e. The van der Waals surface area contributed by atoms with Gasteiger partial charge in [0, 0.05) is 30.1 Å². The normalized spacial score (nSPS) is 27.2. The van der Waals surface area contributed by atoms with E-state index < -0.39 is 0 Å². The third kappa shape index (κ3) is 2.82. The fraction of sp³-hybridized carbons (Fsp3) is 0.533. The number of hydrogen-bond acceptors (Lipinski definition) is 3. The monoisotopic (exact) mass is 294 g/mol. The number of hydrogen-bond donors (Lipinski definition) is 1. The molecule has 4 nitrogen and oxygen atoms in total. The predicted molar refractivity (Wildman–Crippen MR) is 77.7 cm³/mol. The zero-order valence-electron chi connectivity index (χ0n) is 11.3. The molecule has 1 aromatic carbocycles. The lowest BCUT2D eigenvalue weighted by atomic mass is 9.90. The van der Waals surface area contributed by atoms with E-state index in [-0.39, 0.29) is 18.1 Å². The van der Waals surface area contributed by atoms with Crippen molar-refractivity contribution >= 4 is 17.5 Å². The summed E-state index contributed by atoms with van der Waals surface area (Å²) in [6.45, 7) is 2.03. The number of carbonyl (C=O) groups excluding carboxylic acids is 1. The van der Waals surface area contributed by atoms with Gasteiger partial charge in [0.1, 0.15) is 6.10 Å². The Hall–Kier alpha value is -1.10. The van der Waals surface area contributed by atoms with Crippen LogP contribution in [0.25, 0.3) is 0 Å². The smallest absolute Gasteiger partial charge is 0.251 e. The highest BCUT2D eigenvalue weighted by Crippen LogP contribution is 2.29. The van der Waals surface area contributed by atoms with Crippen LogP contribution in [0, 0.1) is 0 Å². The molecule has 5 heteroatoms. The van der Waals surface area contributed by atoms with Crippen molar-refractivity contribution in [1.29, 1.82) is 0 Å². The molecular weight excluding hydrogens is 276 g/mol. The van der Waals surface area contributed by atoms with Crippen molar-refractivity contribution in [3.63, 3.8) is 0 Å². The summed E-state index contributed by atoms with van der Waals surface area (Å²) in [5.74, 6) is 0.532. The maximum atomic E-state index is 12.3. The Labute approximate surface area is 123 Å². The molecule has 0 bridgehead atoms. The lowest BCUT2D eigenvalue weighted by Gasteiger charge is -2.42. The highest BCUT2D eigenvalue weighted by molar-refractivity contribution is 6.30. The van der Waals surface area contributed by atoms with E-state index in [1.54, 1.807) is 0 Å². The van der Waals surface area contributed by atoms with Crippen LogP contribution in [0.4, 0.5) is 0 Å². The van der Waals surface area contributed by atoms with Gasteiger partial charge in [-0.2, -0.15) is 0 Å². The molecule has 0 radical (unpaired) electrons. The summed E-state index contributed by atoms with van der Waals surface area (Å²) in [5, 5.41) is 0.743. The molecule has 2 heterocycles. The topological polar surface area (TPSA) is 55.6 Å². The molecule has 20 heavy (non-hydrogen) atoms. The van der Waals surface area contributed by atoms with Crippen molar-refractivity contribution in [3.8, 4) is 0 Å². The molecule has 1 amide bonds. The molecule has 0 saturated carbocycles. The SMILES string of the molecule is N[C@@H]1CC[C@@H](C(=O)N2CC(c3ccc(Cl)cc3)C2)OC1. The van der Waals surface area contributed by atoms with Crippen LogP contribution in [-0.2, 0) is 9.53 Å². The lowest BCUT2D eigenvalue weighted by molar-refractivity contribution is -0.151. The number of nitrogens with two attached hydrogens (primary N) is 1. The van der Waals surface area contributed by atoms with E-state index in [2.05, 4.69) is 0 Å². The van der Waals surface area contributed by atoms with Crippen LogP contribution in [0.1, 0.15) is 24.3 Å². The van der Waals surface area contributed by atoms with Gasteiger partial charge in [0.05, 0.1) is 6.61 Å². The molecule has 2 N–H and O–H groups in total. The Balaban J connectivity index is 1.52. The van der Waals surface area contributed by atoms with Gasteiger partial charge in [-0.15, -0.1) is 0 Å². The first-order valence-corrected chi connectivity index (χ1v) is 7.42. The van der Waals surface area contributed by atoms with Gasteiger partial charge < -0.3 is 15.4 Å². The number of benzene rings is 1. The highest BCUT2D eigenvalue weighted by Gasteiger charge is 2.36. The molecule has 108 valence electrons. The molecule has 3 rings (SSSR count). The summed E-state index contributed by atoms with van der Waals surface area (Å²) in [5.41, 5.74) is 7.01. The molecule has 2 aliphatic heterocycles. The third-order valence-electron chi connectivity index (χ3n) is 4.12. The minimum absolute atomic E-state index is 0.0808. The summed E-state index contributed by atoms with van der Waals surface area (Å²) in [7, 11) is 0. The molecular formula is C15H19ClN2O2. The van der Waals surface area contributed by atoms with Crippen molar-refractivity contribution in [2.75, 3.05) is 19.7 Å². The maximum absolute atomic E-state index is 12.3. The van der Waals surface area contributed by atoms with E-state index in [0.717, 1.165) is 31.0 Å². The first kappa shape index (κ1) is 13.9. The minimum atomic E-state index is -0.291. The molecule has 2 aliphatic rings. The van der Waals surface area contributed by atoms with Crippen LogP contribution in [0.5, 0.6) is 0 Å². The van der Waals surface area contributed by atoms with Crippen LogP contribution < -0.4 is 5.73 Å². The number of likely N-dealkylation sites (tertiary alicyclic amines) is 1. The van der Waals surface area contributed by atoms with Crippen LogP contribution in [0.2, 0.25) is 5.02 Å². The zero-order chi connectivity index (χ0) is 14.1.